The van der Waals surface area contributed by atoms with Crippen molar-refractivity contribution >= 4 is 11.8 Å². The van der Waals surface area contributed by atoms with Crippen molar-refractivity contribution in [2.45, 2.75) is 20.0 Å². The van der Waals surface area contributed by atoms with Gasteiger partial charge in [0, 0.05) is 26.6 Å². The van der Waals surface area contributed by atoms with Crippen LogP contribution in [-0.4, -0.2) is 49.2 Å². The van der Waals surface area contributed by atoms with Gasteiger partial charge in [0.15, 0.2) is 0 Å². The van der Waals surface area contributed by atoms with Gasteiger partial charge in [0.25, 0.3) is 0 Å². The number of amides is 2. The van der Waals surface area contributed by atoms with Crippen molar-refractivity contribution in [2.24, 2.45) is 0 Å². The number of hydrogen-bond acceptors (Lipinski definition) is 4. The molecular formula is C9H19N3O3. The van der Waals surface area contributed by atoms with E-state index in [0.29, 0.717) is 19.6 Å². The molecule has 0 heterocycles. The molecule has 0 fully saturated rings. The minimum absolute atomic E-state index is 0.00569. The minimum Gasteiger partial charge on any atom is -0.392 e. The third-order valence-corrected chi connectivity index (χ3v) is 1.56. The number of aliphatic hydroxyl groups excluding tert-OH is 1. The van der Waals surface area contributed by atoms with Crippen LogP contribution in [0.1, 0.15) is 13.8 Å². The second kappa shape index (κ2) is 8.19. The molecule has 0 bridgehead atoms. The van der Waals surface area contributed by atoms with E-state index in [2.05, 4.69) is 16.0 Å². The van der Waals surface area contributed by atoms with Crippen molar-refractivity contribution in [1.82, 2.24) is 16.0 Å². The standard InChI is InChI=1S/C9H19N3O3/c1-7(13)5-10-3-4-11-9(15)6-12-8(2)14/h7,10,13H,3-6H2,1-2H3,(H,11,15)(H,12,14). The Bertz CT molecular complexity index is 207. The zero-order chi connectivity index (χ0) is 11.7. The number of aliphatic hydroxyl groups is 1. The summed E-state index contributed by atoms with van der Waals surface area (Å²) < 4.78 is 0. The lowest BCUT2D eigenvalue weighted by Gasteiger charge is -2.08. The van der Waals surface area contributed by atoms with Gasteiger partial charge in [-0.05, 0) is 6.92 Å². The average molecular weight is 217 g/mol. The molecule has 6 nitrogen and oxygen atoms in total. The normalized spacial score (nSPS) is 11.9. The Labute approximate surface area is 89.4 Å². The van der Waals surface area contributed by atoms with Crippen molar-refractivity contribution in [3.63, 3.8) is 0 Å². The molecule has 0 aromatic carbocycles. The molecule has 88 valence electrons. The van der Waals surface area contributed by atoms with Crippen LogP contribution in [0.2, 0.25) is 0 Å². The molecule has 15 heavy (non-hydrogen) atoms. The Hall–Kier alpha value is -1.14. The van der Waals surface area contributed by atoms with Gasteiger partial charge >= 0.3 is 0 Å². The van der Waals surface area contributed by atoms with Gasteiger partial charge in [-0.15, -0.1) is 0 Å². The van der Waals surface area contributed by atoms with E-state index in [1.807, 2.05) is 0 Å². The second-order valence-corrected chi connectivity index (χ2v) is 3.31. The lowest BCUT2D eigenvalue weighted by Crippen LogP contribution is -2.39. The summed E-state index contributed by atoms with van der Waals surface area (Å²) in [6.45, 7) is 4.62. The molecule has 0 aromatic heterocycles. The minimum atomic E-state index is -0.389. The second-order valence-electron chi connectivity index (χ2n) is 3.31. The van der Waals surface area contributed by atoms with Gasteiger partial charge in [-0.1, -0.05) is 0 Å². The highest BCUT2D eigenvalue weighted by Gasteiger charge is 2.00. The summed E-state index contributed by atoms with van der Waals surface area (Å²) in [7, 11) is 0. The van der Waals surface area contributed by atoms with E-state index in [-0.39, 0.29) is 24.5 Å². The summed E-state index contributed by atoms with van der Waals surface area (Å²) in [5.74, 6) is -0.443. The van der Waals surface area contributed by atoms with Crippen molar-refractivity contribution in [3.8, 4) is 0 Å². The summed E-state index contributed by atoms with van der Waals surface area (Å²) >= 11 is 0. The van der Waals surface area contributed by atoms with Crippen molar-refractivity contribution in [2.75, 3.05) is 26.2 Å². The zero-order valence-corrected chi connectivity index (χ0v) is 9.17. The quantitative estimate of drug-likeness (QED) is 0.379. The summed E-state index contributed by atoms with van der Waals surface area (Å²) in [5, 5.41) is 16.9. The molecule has 6 heteroatoms. The lowest BCUT2D eigenvalue weighted by molar-refractivity contribution is -0.125. The highest BCUT2D eigenvalue weighted by atomic mass is 16.3. The molecule has 0 saturated carbocycles. The molecule has 0 aromatic rings. The molecule has 1 atom stereocenters. The monoisotopic (exact) mass is 217 g/mol. The van der Waals surface area contributed by atoms with E-state index in [9.17, 15) is 9.59 Å². The SMILES string of the molecule is CC(=O)NCC(=O)NCCNCC(C)O. The summed E-state index contributed by atoms with van der Waals surface area (Å²) in [5.41, 5.74) is 0. The Morgan fingerprint density at radius 2 is 1.93 bits per heavy atom. The first-order chi connectivity index (χ1) is 7.02. The maximum Gasteiger partial charge on any atom is 0.239 e. The van der Waals surface area contributed by atoms with Crippen LogP contribution in [0.4, 0.5) is 0 Å². The van der Waals surface area contributed by atoms with Gasteiger partial charge in [-0.25, -0.2) is 0 Å². The third kappa shape index (κ3) is 10.8. The number of carbonyl (C=O) groups excluding carboxylic acids is 2. The van der Waals surface area contributed by atoms with E-state index >= 15 is 0 Å². The largest absolute Gasteiger partial charge is 0.392 e. The topological polar surface area (TPSA) is 90.5 Å². The highest BCUT2D eigenvalue weighted by Crippen LogP contribution is 1.73. The molecule has 0 saturated heterocycles. The number of carbonyl (C=O) groups is 2. The average Bonchev–Trinajstić information content (AvgIpc) is 2.13. The van der Waals surface area contributed by atoms with Gasteiger partial charge in [-0.3, -0.25) is 9.59 Å². The fourth-order valence-electron chi connectivity index (χ4n) is 0.869. The summed E-state index contributed by atoms with van der Waals surface area (Å²) in [6.07, 6.45) is -0.389. The van der Waals surface area contributed by atoms with Crippen LogP contribution in [0.25, 0.3) is 0 Å². The highest BCUT2D eigenvalue weighted by molar-refractivity contribution is 5.83. The fraction of sp³-hybridized carbons (Fsp3) is 0.778. The first-order valence-corrected chi connectivity index (χ1v) is 4.92. The summed E-state index contributed by atoms with van der Waals surface area (Å²) in [6, 6.07) is 0. The van der Waals surface area contributed by atoms with Crippen LogP contribution in [0.15, 0.2) is 0 Å². The number of nitrogens with one attached hydrogen (secondary N) is 3. The predicted octanol–water partition coefficient (Wildman–Crippen LogP) is -1.79. The van der Waals surface area contributed by atoms with Gasteiger partial charge in [0.2, 0.25) is 11.8 Å². The Balaban J connectivity index is 3.28. The van der Waals surface area contributed by atoms with Gasteiger partial charge in [0.05, 0.1) is 12.6 Å². The van der Waals surface area contributed by atoms with Crippen LogP contribution >= 0.6 is 0 Å². The molecule has 0 aliphatic rings. The summed E-state index contributed by atoms with van der Waals surface area (Å²) in [4.78, 5) is 21.5. The van der Waals surface area contributed by atoms with Crippen LogP contribution in [-0.2, 0) is 9.59 Å². The van der Waals surface area contributed by atoms with Gasteiger partial charge < -0.3 is 21.1 Å². The fourth-order valence-corrected chi connectivity index (χ4v) is 0.869. The third-order valence-electron chi connectivity index (χ3n) is 1.56. The van der Waals surface area contributed by atoms with E-state index in [0.717, 1.165) is 0 Å². The molecule has 0 aliphatic heterocycles. The molecule has 4 N–H and O–H groups in total. The maximum atomic E-state index is 11.0. The first kappa shape index (κ1) is 13.9. The number of rotatable bonds is 7. The first-order valence-electron chi connectivity index (χ1n) is 4.92. The Kier molecular flexibility index (Phi) is 7.57. The molecular weight excluding hydrogens is 198 g/mol. The predicted molar refractivity (Wildman–Crippen MR) is 56.2 cm³/mol. The molecule has 1 unspecified atom stereocenters. The number of hydrogen-bond donors (Lipinski definition) is 4. The lowest BCUT2D eigenvalue weighted by atomic mass is 10.4. The van der Waals surface area contributed by atoms with Crippen molar-refractivity contribution < 1.29 is 14.7 Å². The molecule has 0 spiro atoms. The van der Waals surface area contributed by atoms with E-state index < -0.39 is 0 Å². The molecule has 2 amide bonds. The van der Waals surface area contributed by atoms with Crippen LogP contribution in [0.3, 0.4) is 0 Å². The Morgan fingerprint density at radius 3 is 2.47 bits per heavy atom. The van der Waals surface area contributed by atoms with Crippen molar-refractivity contribution in [1.29, 1.82) is 0 Å². The van der Waals surface area contributed by atoms with E-state index in [1.54, 1.807) is 6.92 Å². The molecule has 0 rings (SSSR count). The van der Waals surface area contributed by atoms with Gasteiger partial charge in [0.1, 0.15) is 0 Å². The van der Waals surface area contributed by atoms with Crippen LogP contribution in [0.5, 0.6) is 0 Å². The smallest absolute Gasteiger partial charge is 0.239 e. The zero-order valence-electron chi connectivity index (χ0n) is 9.17. The van der Waals surface area contributed by atoms with Gasteiger partial charge in [-0.2, -0.15) is 0 Å². The van der Waals surface area contributed by atoms with E-state index in [1.165, 1.54) is 6.92 Å². The maximum absolute atomic E-state index is 11.0. The Morgan fingerprint density at radius 1 is 1.27 bits per heavy atom. The van der Waals surface area contributed by atoms with Crippen molar-refractivity contribution in [3.05, 3.63) is 0 Å². The molecule has 0 aliphatic carbocycles. The van der Waals surface area contributed by atoms with Crippen LogP contribution in [0, 0.1) is 0 Å². The van der Waals surface area contributed by atoms with E-state index in [4.69, 9.17) is 5.11 Å². The van der Waals surface area contributed by atoms with Crippen LogP contribution < -0.4 is 16.0 Å². The molecule has 0 radical (unpaired) electrons.